The number of ether oxygens (including phenoxy) is 1. The maximum Gasteiger partial charge on any atom is 0.573 e. The van der Waals surface area contributed by atoms with E-state index in [9.17, 15) is 22.8 Å². The molecule has 3 aromatic rings. The molecule has 0 unspecified atom stereocenters. The number of carbonyl (C=O) groups excluding carboxylic acids is 2. The summed E-state index contributed by atoms with van der Waals surface area (Å²) in [6, 6.07) is 16.6. The standard InChI is InChI=1S/C21H15F3N2O3S/c22-21(23,24)29-16-10-8-15(9-11-16)25-20(28)18(13-17-7-4-12-30-17)26-19(27)14-5-2-1-3-6-14/h1-13H,(H,25,28)(H,26,27). The average Bonchev–Trinajstić information content (AvgIpc) is 3.21. The van der Waals surface area contributed by atoms with E-state index in [1.54, 1.807) is 42.5 Å². The van der Waals surface area contributed by atoms with Crippen LogP contribution < -0.4 is 15.4 Å². The molecule has 0 aliphatic rings. The Morgan fingerprint density at radius 2 is 1.63 bits per heavy atom. The van der Waals surface area contributed by atoms with Gasteiger partial charge in [0.2, 0.25) is 0 Å². The van der Waals surface area contributed by atoms with Gasteiger partial charge in [0.25, 0.3) is 11.8 Å². The zero-order chi connectivity index (χ0) is 21.6. The highest BCUT2D eigenvalue weighted by molar-refractivity contribution is 7.10. The molecule has 0 aliphatic heterocycles. The Balaban J connectivity index is 1.76. The summed E-state index contributed by atoms with van der Waals surface area (Å²) < 4.78 is 40.6. The third kappa shape index (κ3) is 6.21. The lowest BCUT2D eigenvalue weighted by molar-refractivity contribution is -0.274. The summed E-state index contributed by atoms with van der Waals surface area (Å²) in [5.74, 6) is -1.51. The van der Waals surface area contributed by atoms with Crippen LogP contribution in [0.4, 0.5) is 18.9 Å². The first-order chi connectivity index (χ1) is 14.3. The van der Waals surface area contributed by atoms with Gasteiger partial charge in [-0.25, -0.2) is 0 Å². The molecule has 1 heterocycles. The zero-order valence-corrected chi connectivity index (χ0v) is 16.1. The summed E-state index contributed by atoms with van der Waals surface area (Å²) in [4.78, 5) is 25.9. The van der Waals surface area contributed by atoms with Gasteiger partial charge in [-0.05, 0) is 53.9 Å². The molecule has 0 fully saturated rings. The molecular formula is C21H15F3N2O3S. The van der Waals surface area contributed by atoms with Crippen LogP contribution in [0.3, 0.4) is 0 Å². The summed E-state index contributed by atoms with van der Waals surface area (Å²) in [5, 5.41) is 6.94. The highest BCUT2D eigenvalue weighted by Gasteiger charge is 2.31. The van der Waals surface area contributed by atoms with E-state index >= 15 is 0 Å². The maximum atomic E-state index is 12.7. The molecule has 3 rings (SSSR count). The van der Waals surface area contributed by atoms with Crippen molar-refractivity contribution in [3.8, 4) is 5.75 Å². The summed E-state index contributed by atoms with van der Waals surface area (Å²) >= 11 is 1.37. The molecule has 1 aromatic heterocycles. The number of halogens is 3. The molecule has 0 aliphatic carbocycles. The van der Waals surface area contributed by atoms with Crippen molar-refractivity contribution in [2.24, 2.45) is 0 Å². The molecule has 0 bridgehead atoms. The van der Waals surface area contributed by atoms with Crippen LogP contribution in [0.15, 0.2) is 77.8 Å². The van der Waals surface area contributed by atoms with Crippen LogP contribution in [0.25, 0.3) is 6.08 Å². The lowest BCUT2D eigenvalue weighted by Crippen LogP contribution is -2.30. The Hall–Kier alpha value is -3.59. The minimum absolute atomic E-state index is 0.0121. The SMILES string of the molecule is O=C(Nc1ccc(OC(F)(F)F)cc1)C(=Cc1cccs1)NC(=O)c1ccccc1. The van der Waals surface area contributed by atoms with Crippen LogP contribution in [0.5, 0.6) is 5.75 Å². The van der Waals surface area contributed by atoms with Crippen LogP contribution >= 0.6 is 11.3 Å². The first-order valence-electron chi connectivity index (χ1n) is 8.59. The van der Waals surface area contributed by atoms with Crippen LogP contribution in [0.1, 0.15) is 15.2 Å². The Bertz CT molecular complexity index is 1030. The molecule has 9 heteroatoms. The summed E-state index contributed by atoms with van der Waals surface area (Å²) in [7, 11) is 0. The van der Waals surface area contributed by atoms with Crippen LogP contribution in [-0.4, -0.2) is 18.2 Å². The smallest absolute Gasteiger partial charge is 0.406 e. The van der Waals surface area contributed by atoms with E-state index in [4.69, 9.17) is 0 Å². The molecule has 30 heavy (non-hydrogen) atoms. The lowest BCUT2D eigenvalue weighted by atomic mass is 10.2. The number of benzene rings is 2. The second-order valence-electron chi connectivity index (χ2n) is 5.92. The number of nitrogens with one attached hydrogen (secondary N) is 2. The second-order valence-corrected chi connectivity index (χ2v) is 6.90. The monoisotopic (exact) mass is 432 g/mol. The van der Waals surface area contributed by atoms with Gasteiger partial charge in [0.15, 0.2) is 0 Å². The quantitative estimate of drug-likeness (QED) is 0.536. The molecule has 2 amide bonds. The highest BCUT2D eigenvalue weighted by atomic mass is 32.1. The fourth-order valence-electron chi connectivity index (χ4n) is 2.40. The molecular weight excluding hydrogens is 417 g/mol. The molecule has 0 saturated heterocycles. The Morgan fingerprint density at radius 3 is 2.23 bits per heavy atom. The van der Waals surface area contributed by atoms with E-state index in [2.05, 4.69) is 15.4 Å². The summed E-state index contributed by atoms with van der Waals surface area (Å²) in [6.07, 6.45) is -3.29. The van der Waals surface area contributed by atoms with Crippen molar-refractivity contribution >= 4 is 34.9 Å². The fraction of sp³-hybridized carbons (Fsp3) is 0.0476. The van der Waals surface area contributed by atoms with Gasteiger partial charge in [0.1, 0.15) is 11.4 Å². The van der Waals surface area contributed by atoms with Gasteiger partial charge in [-0.2, -0.15) is 0 Å². The predicted molar refractivity (Wildman–Crippen MR) is 108 cm³/mol. The zero-order valence-electron chi connectivity index (χ0n) is 15.3. The number of amides is 2. The van der Waals surface area contributed by atoms with Crippen molar-refractivity contribution in [3.05, 3.63) is 88.2 Å². The van der Waals surface area contributed by atoms with Crippen molar-refractivity contribution in [3.63, 3.8) is 0 Å². The van der Waals surface area contributed by atoms with Gasteiger partial charge >= 0.3 is 6.36 Å². The van der Waals surface area contributed by atoms with Crippen LogP contribution in [0, 0.1) is 0 Å². The number of hydrogen-bond donors (Lipinski definition) is 2. The minimum atomic E-state index is -4.80. The molecule has 0 saturated carbocycles. The fourth-order valence-corrected chi connectivity index (χ4v) is 3.05. The lowest BCUT2D eigenvalue weighted by Gasteiger charge is -2.12. The molecule has 5 nitrogen and oxygen atoms in total. The van der Waals surface area contributed by atoms with Crippen molar-refractivity contribution < 1.29 is 27.5 Å². The topological polar surface area (TPSA) is 67.4 Å². The molecule has 2 aromatic carbocycles. The Labute approximate surface area is 173 Å². The van der Waals surface area contributed by atoms with Gasteiger partial charge in [-0.3, -0.25) is 9.59 Å². The van der Waals surface area contributed by atoms with Crippen LogP contribution in [-0.2, 0) is 4.79 Å². The van der Waals surface area contributed by atoms with Gasteiger partial charge in [-0.1, -0.05) is 24.3 Å². The maximum absolute atomic E-state index is 12.7. The van der Waals surface area contributed by atoms with E-state index in [-0.39, 0.29) is 11.4 Å². The Morgan fingerprint density at radius 1 is 0.933 bits per heavy atom. The van der Waals surface area contributed by atoms with E-state index in [0.29, 0.717) is 5.56 Å². The van der Waals surface area contributed by atoms with Gasteiger partial charge in [0.05, 0.1) is 0 Å². The predicted octanol–water partition coefficient (Wildman–Crippen LogP) is 5.06. The van der Waals surface area contributed by atoms with Crippen LogP contribution in [0.2, 0.25) is 0 Å². The summed E-state index contributed by atoms with van der Waals surface area (Å²) in [6.45, 7) is 0. The average molecular weight is 432 g/mol. The van der Waals surface area contributed by atoms with Crippen molar-refractivity contribution in [2.75, 3.05) is 5.32 Å². The molecule has 0 spiro atoms. The number of carbonyl (C=O) groups is 2. The van der Waals surface area contributed by atoms with Crippen molar-refractivity contribution in [1.82, 2.24) is 5.32 Å². The Kier molecular flexibility index (Phi) is 6.53. The van der Waals surface area contributed by atoms with Gasteiger partial charge in [-0.15, -0.1) is 24.5 Å². The third-order valence-corrected chi connectivity index (χ3v) is 4.52. The molecule has 2 N–H and O–H groups in total. The second kappa shape index (κ2) is 9.27. The van der Waals surface area contributed by atoms with Gasteiger partial charge in [0, 0.05) is 16.1 Å². The summed E-state index contributed by atoms with van der Waals surface area (Å²) in [5.41, 5.74) is 0.596. The number of rotatable bonds is 6. The molecule has 0 atom stereocenters. The number of alkyl halides is 3. The van der Waals surface area contributed by atoms with E-state index in [0.717, 1.165) is 17.0 Å². The molecule has 0 radical (unpaired) electrons. The number of thiophene rings is 1. The van der Waals surface area contributed by atoms with Crippen molar-refractivity contribution in [1.29, 1.82) is 0 Å². The van der Waals surface area contributed by atoms with Gasteiger partial charge < -0.3 is 15.4 Å². The highest BCUT2D eigenvalue weighted by Crippen LogP contribution is 2.24. The minimum Gasteiger partial charge on any atom is -0.406 e. The largest absolute Gasteiger partial charge is 0.573 e. The number of anilines is 1. The van der Waals surface area contributed by atoms with E-state index in [1.807, 2.05) is 5.38 Å². The molecule has 154 valence electrons. The third-order valence-electron chi connectivity index (χ3n) is 3.70. The van der Waals surface area contributed by atoms with Crippen molar-refractivity contribution in [2.45, 2.75) is 6.36 Å². The van der Waals surface area contributed by atoms with E-state index in [1.165, 1.54) is 29.5 Å². The first-order valence-corrected chi connectivity index (χ1v) is 9.47. The first kappa shape index (κ1) is 21.1. The number of hydrogen-bond acceptors (Lipinski definition) is 4. The van der Waals surface area contributed by atoms with E-state index < -0.39 is 23.9 Å². The normalized spacial score (nSPS) is 11.6.